The summed E-state index contributed by atoms with van der Waals surface area (Å²) < 4.78 is 5.02. The minimum absolute atomic E-state index is 0.282. The summed E-state index contributed by atoms with van der Waals surface area (Å²) in [6.45, 7) is 4.61. The van der Waals surface area contributed by atoms with Crippen molar-refractivity contribution in [2.75, 3.05) is 6.54 Å². The molecule has 0 radical (unpaired) electrons. The zero-order valence-corrected chi connectivity index (χ0v) is 10.2. The maximum atomic E-state index is 11.3. The molecule has 0 saturated carbocycles. The first-order valence-corrected chi connectivity index (χ1v) is 5.61. The minimum Gasteiger partial charge on any atom is -0.445 e. The molecule has 0 aliphatic rings. The summed E-state index contributed by atoms with van der Waals surface area (Å²) >= 11 is 0. The summed E-state index contributed by atoms with van der Waals surface area (Å²) in [5.74, 6) is 6.12. The standard InChI is InChI=1S/C14H17NO2/c1-12(2)7-6-10-15-14(16)17-11-13-8-4-3-5-9-13/h3-5,8-9,12H,10-11H2,1-2H3,(H,15,16). The Hall–Kier alpha value is -1.95. The number of rotatable bonds is 3. The van der Waals surface area contributed by atoms with Gasteiger partial charge in [-0.1, -0.05) is 56.0 Å². The van der Waals surface area contributed by atoms with E-state index in [4.69, 9.17) is 4.74 Å². The number of alkyl carbamates (subject to hydrolysis) is 1. The van der Waals surface area contributed by atoms with Crippen LogP contribution in [0.2, 0.25) is 0 Å². The number of carbonyl (C=O) groups is 1. The van der Waals surface area contributed by atoms with Crippen LogP contribution in [-0.2, 0) is 11.3 Å². The maximum absolute atomic E-state index is 11.3. The van der Waals surface area contributed by atoms with Crippen LogP contribution in [0.5, 0.6) is 0 Å². The molecule has 0 bridgehead atoms. The smallest absolute Gasteiger partial charge is 0.408 e. The predicted octanol–water partition coefficient (Wildman–Crippen LogP) is 2.57. The molecule has 1 aromatic carbocycles. The van der Waals surface area contributed by atoms with Crippen LogP contribution in [0.4, 0.5) is 4.79 Å². The molecule has 0 atom stereocenters. The van der Waals surface area contributed by atoms with E-state index in [1.54, 1.807) is 0 Å². The van der Waals surface area contributed by atoms with Crippen molar-refractivity contribution in [3.8, 4) is 11.8 Å². The highest BCUT2D eigenvalue weighted by molar-refractivity contribution is 5.67. The third-order valence-corrected chi connectivity index (χ3v) is 1.92. The monoisotopic (exact) mass is 231 g/mol. The predicted molar refractivity (Wildman–Crippen MR) is 67.2 cm³/mol. The number of benzene rings is 1. The first-order chi connectivity index (χ1) is 8.18. The topological polar surface area (TPSA) is 38.3 Å². The van der Waals surface area contributed by atoms with E-state index in [0.29, 0.717) is 12.5 Å². The summed E-state index contributed by atoms with van der Waals surface area (Å²) in [6.07, 6.45) is -0.438. The van der Waals surface area contributed by atoms with Gasteiger partial charge in [0.15, 0.2) is 0 Å². The normalized spacial score (nSPS) is 9.35. The molecule has 0 aliphatic heterocycles. The van der Waals surface area contributed by atoms with Crippen molar-refractivity contribution < 1.29 is 9.53 Å². The first kappa shape index (κ1) is 13.1. The van der Waals surface area contributed by atoms with Gasteiger partial charge >= 0.3 is 6.09 Å². The average Bonchev–Trinajstić information content (AvgIpc) is 2.33. The van der Waals surface area contributed by atoms with Gasteiger partial charge in [0.25, 0.3) is 0 Å². The summed E-state index contributed by atoms with van der Waals surface area (Å²) in [6, 6.07) is 9.55. The molecule has 1 N–H and O–H groups in total. The highest BCUT2D eigenvalue weighted by Gasteiger charge is 1.99. The molecule has 1 rings (SSSR count). The molecular formula is C14H17NO2. The van der Waals surface area contributed by atoms with Crippen molar-refractivity contribution in [3.63, 3.8) is 0 Å². The Bertz CT molecular complexity index is 401. The van der Waals surface area contributed by atoms with Gasteiger partial charge in [-0.2, -0.15) is 0 Å². The lowest BCUT2D eigenvalue weighted by Crippen LogP contribution is -2.24. The maximum Gasteiger partial charge on any atom is 0.408 e. The van der Waals surface area contributed by atoms with Crippen LogP contribution < -0.4 is 5.32 Å². The average molecular weight is 231 g/mol. The highest BCUT2D eigenvalue weighted by Crippen LogP contribution is 2.00. The summed E-state index contributed by atoms with van der Waals surface area (Å²) in [5, 5.41) is 2.57. The summed E-state index contributed by atoms with van der Waals surface area (Å²) in [5.41, 5.74) is 0.968. The molecule has 3 heteroatoms. The van der Waals surface area contributed by atoms with E-state index in [2.05, 4.69) is 17.2 Å². The van der Waals surface area contributed by atoms with E-state index in [9.17, 15) is 4.79 Å². The van der Waals surface area contributed by atoms with Gasteiger partial charge in [-0.05, 0) is 5.56 Å². The van der Waals surface area contributed by atoms with Crippen molar-refractivity contribution in [1.82, 2.24) is 5.32 Å². The Kier molecular flexibility index (Phi) is 5.67. The SMILES string of the molecule is CC(C)C#CCNC(=O)OCc1ccccc1. The molecular weight excluding hydrogens is 214 g/mol. The van der Waals surface area contributed by atoms with Gasteiger partial charge in [-0.25, -0.2) is 4.79 Å². The molecule has 0 saturated heterocycles. The van der Waals surface area contributed by atoms with Crippen LogP contribution in [0.15, 0.2) is 30.3 Å². The summed E-state index contributed by atoms with van der Waals surface area (Å²) in [7, 11) is 0. The lowest BCUT2D eigenvalue weighted by atomic mass is 10.2. The molecule has 90 valence electrons. The van der Waals surface area contributed by atoms with Gasteiger partial charge in [0.1, 0.15) is 6.61 Å². The molecule has 0 fully saturated rings. The van der Waals surface area contributed by atoms with Gasteiger partial charge in [-0.15, -0.1) is 0 Å². The van der Waals surface area contributed by atoms with Crippen molar-refractivity contribution >= 4 is 6.09 Å². The molecule has 0 aliphatic carbocycles. The van der Waals surface area contributed by atoms with Crippen LogP contribution in [0.25, 0.3) is 0 Å². The Labute approximate surface area is 102 Å². The first-order valence-electron chi connectivity index (χ1n) is 5.61. The third-order valence-electron chi connectivity index (χ3n) is 1.92. The van der Waals surface area contributed by atoms with E-state index in [1.165, 1.54) is 0 Å². The molecule has 3 nitrogen and oxygen atoms in total. The van der Waals surface area contributed by atoms with Gasteiger partial charge < -0.3 is 10.1 Å². The lowest BCUT2D eigenvalue weighted by molar-refractivity contribution is 0.141. The van der Waals surface area contributed by atoms with E-state index in [1.807, 2.05) is 44.2 Å². The van der Waals surface area contributed by atoms with E-state index in [-0.39, 0.29) is 6.61 Å². The van der Waals surface area contributed by atoms with Crippen molar-refractivity contribution in [2.45, 2.75) is 20.5 Å². The molecule has 0 unspecified atom stereocenters. The van der Waals surface area contributed by atoms with Crippen molar-refractivity contribution in [1.29, 1.82) is 0 Å². The Morgan fingerprint density at radius 1 is 1.35 bits per heavy atom. The quantitative estimate of drug-likeness (QED) is 0.812. The second-order valence-corrected chi connectivity index (χ2v) is 3.89. The molecule has 17 heavy (non-hydrogen) atoms. The Balaban J connectivity index is 2.21. The number of carbonyl (C=O) groups excluding carboxylic acids is 1. The van der Waals surface area contributed by atoms with Crippen LogP contribution in [0, 0.1) is 17.8 Å². The molecule has 1 amide bonds. The van der Waals surface area contributed by atoms with E-state index in [0.717, 1.165) is 5.56 Å². The second kappa shape index (κ2) is 7.34. The Morgan fingerprint density at radius 2 is 2.06 bits per heavy atom. The van der Waals surface area contributed by atoms with Gasteiger partial charge in [0.2, 0.25) is 0 Å². The fourth-order valence-corrected chi connectivity index (χ4v) is 1.15. The highest BCUT2D eigenvalue weighted by atomic mass is 16.5. The molecule has 0 heterocycles. The fourth-order valence-electron chi connectivity index (χ4n) is 1.15. The zero-order chi connectivity index (χ0) is 12.5. The number of nitrogens with one attached hydrogen (secondary N) is 1. The number of hydrogen-bond acceptors (Lipinski definition) is 2. The second-order valence-electron chi connectivity index (χ2n) is 3.89. The molecule has 1 aromatic rings. The van der Waals surface area contributed by atoms with E-state index >= 15 is 0 Å². The van der Waals surface area contributed by atoms with Crippen LogP contribution in [-0.4, -0.2) is 12.6 Å². The molecule has 0 spiro atoms. The lowest BCUT2D eigenvalue weighted by Gasteiger charge is -2.04. The third kappa shape index (κ3) is 6.26. The largest absolute Gasteiger partial charge is 0.445 e. The van der Waals surface area contributed by atoms with Crippen LogP contribution >= 0.6 is 0 Å². The number of hydrogen-bond donors (Lipinski definition) is 1. The van der Waals surface area contributed by atoms with Crippen molar-refractivity contribution in [2.24, 2.45) is 5.92 Å². The summed E-state index contributed by atoms with van der Waals surface area (Å²) in [4.78, 5) is 11.3. The number of ether oxygens (including phenoxy) is 1. The fraction of sp³-hybridized carbons (Fsp3) is 0.357. The van der Waals surface area contributed by atoms with Crippen LogP contribution in [0.1, 0.15) is 19.4 Å². The van der Waals surface area contributed by atoms with Crippen molar-refractivity contribution in [3.05, 3.63) is 35.9 Å². The molecule has 0 aromatic heterocycles. The number of amides is 1. The van der Waals surface area contributed by atoms with Gasteiger partial charge in [-0.3, -0.25) is 0 Å². The van der Waals surface area contributed by atoms with Gasteiger partial charge in [0, 0.05) is 5.92 Å². The van der Waals surface area contributed by atoms with E-state index < -0.39 is 6.09 Å². The minimum atomic E-state index is -0.438. The Morgan fingerprint density at radius 3 is 2.71 bits per heavy atom. The zero-order valence-electron chi connectivity index (χ0n) is 10.2. The van der Waals surface area contributed by atoms with Gasteiger partial charge in [0.05, 0.1) is 6.54 Å². The van der Waals surface area contributed by atoms with Crippen LogP contribution in [0.3, 0.4) is 0 Å².